The smallest absolute Gasteiger partial charge is 0.150 e. The molecule has 0 unspecified atom stereocenters. The minimum Gasteiger partial charge on any atom is -0.496 e. The topological polar surface area (TPSA) is 50.1 Å². The second-order valence-corrected chi connectivity index (χ2v) is 3.77. The van der Waals surface area contributed by atoms with E-state index in [1.54, 1.807) is 43.5 Å². The van der Waals surface area contributed by atoms with E-state index < -0.39 is 0 Å². The maximum atomic E-state index is 10.8. The molecule has 0 saturated heterocycles. The van der Waals surface area contributed by atoms with Gasteiger partial charge < -0.3 is 4.74 Å². The first-order valence-corrected chi connectivity index (χ1v) is 5.42. The third-order valence-corrected chi connectivity index (χ3v) is 2.66. The molecule has 0 aliphatic rings. The molecule has 2 rings (SSSR count). The highest BCUT2D eigenvalue weighted by molar-refractivity contribution is 5.80. The van der Waals surface area contributed by atoms with Crippen molar-refractivity contribution in [3.63, 3.8) is 0 Å². The number of methoxy groups -OCH3 is 1. The maximum absolute atomic E-state index is 10.8. The van der Waals surface area contributed by atoms with Crippen LogP contribution >= 0.6 is 0 Å². The summed E-state index contributed by atoms with van der Waals surface area (Å²) in [5, 5.41) is 8.93. The van der Waals surface area contributed by atoms with Gasteiger partial charge in [-0.3, -0.25) is 4.79 Å². The zero-order valence-corrected chi connectivity index (χ0v) is 9.88. The van der Waals surface area contributed by atoms with Gasteiger partial charge in [0.1, 0.15) is 12.0 Å². The van der Waals surface area contributed by atoms with Crippen molar-refractivity contribution in [3.05, 3.63) is 53.6 Å². The molecule has 3 heteroatoms. The van der Waals surface area contributed by atoms with Gasteiger partial charge in [-0.15, -0.1) is 0 Å². The summed E-state index contributed by atoms with van der Waals surface area (Å²) >= 11 is 0. The molecular weight excluding hydrogens is 226 g/mol. The lowest BCUT2D eigenvalue weighted by molar-refractivity contribution is 0.112. The molecule has 0 fully saturated rings. The Kier molecular flexibility index (Phi) is 3.40. The minimum atomic E-state index is 0.558. The van der Waals surface area contributed by atoms with Gasteiger partial charge in [-0.1, -0.05) is 18.2 Å². The van der Waals surface area contributed by atoms with E-state index in [1.807, 2.05) is 6.07 Å². The van der Waals surface area contributed by atoms with Gasteiger partial charge in [0.2, 0.25) is 0 Å². The fourth-order valence-electron chi connectivity index (χ4n) is 1.78. The lowest BCUT2D eigenvalue weighted by Crippen LogP contribution is -1.90. The van der Waals surface area contributed by atoms with Gasteiger partial charge in [-0.05, 0) is 29.8 Å². The van der Waals surface area contributed by atoms with Crippen LogP contribution < -0.4 is 4.74 Å². The predicted octanol–water partition coefficient (Wildman–Crippen LogP) is 3.05. The standard InChI is InChI=1S/C15H11NO2/c1-18-15-6-5-11(9-16)8-14(15)13-4-2-3-12(7-13)10-17/h2-8,10H,1H3. The molecule has 0 atom stereocenters. The van der Waals surface area contributed by atoms with Crippen LogP contribution in [-0.2, 0) is 0 Å². The lowest BCUT2D eigenvalue weighted by Gasteiger charge is -2.09. The van der Waals surface area contributed by atoms with Gasteiger partial charge in [0.25, 0.3) is 0 Å². The lowest BCUT2D eigenvalue weighted by atomic mass is 10.0. The Morgan fingerprint density at radius 1 is 1.22 bits per heavy atom. The summed E-state index contributed by atoms with van der Waals surface area (Å²) in [6, 6.07) is 14.5. The third kappa shape index (κ3) is 2.23. The van der Waals surface area contributed by atoms with Crippen molar-refractivity contribution in [1.82, 2.24) is 0 Å². The molecule has 18 heavy (non-hydrogen) atoms. The highest BCUT2D eigenvalue weighted by Crippen LogP contribution is 2.31. The molecule has 2 aromatic rings. The zero-order chi connectivity index (χ0) is 13.0. The monoisotopic (exact) mass is 237 g/mol. The van der Waals surface area contributed by atoms with E-state index in [0.29, 0.717) is 16.9 Å². The Morgan fingerprint density at radius 3 is 2.72 bits per heavy atom. The SMILES string of the molecule is COc1ccc(C#N)cc1-c1cccc(C=O)c1. The summed E-state index contributed by atoms with van der Waals surface area (Å²) in [6.45, 7) is 0. The van der Waals surface area contributed by atoms with Crippen molar-refractivity contribution in [3.8, 4) is 22.9 Å². The van der Waals surface area contributed by atoms with Gasteiger partial charge in [0.05, 0.1) is 18.7 Å². The molecule has 0 N–H and O–H groups in total. The van der Waals surface area contributed by atoms with Crippen LogP contribution in [-0.4, -0.2) is 13.4 Å². The molecule has 0 aromatic heterocycles. The molecule has 0 heterocycles. The Balaban J connectivity index is 2.61. The number of carbonyl (C=O) groups excluding carboxylic acids is 1. The first-order valence-electron chi connectivity index (χ1n) is 5.42. The van der Waals surface area contributed by atoms with Crippen molar-refractivity contribution in [2.24, 2.45) is 0 Å². The number of carbonyl (C=O) groups is 1. The van der Waals surface area contributed by atoms with E-state index >= 15 is 0 Å². The number of hydrogen-bond donors (Lipinski definition) is 0. The van der Waals surface area contributed by atoms with Crippen LogP contribution in [0.25, 0.3) is 11.1 Å². The van der Waals surface area contributed by atoms with Crippen LogP contribution in [0.4, 0.5) is 0 Å². The first kappa shape index (κ1) is 11.9. The summed E-state index contributed by atoms with van der Waals surface area (Å²) in [6.07, 6.45) is 0.796. The average molecular weight is 237 g/mol. The Labute approximate surface area is 105 Å². The molecule has 0 saturated carbocycles. The van der Waals surface area contributed by atoms with Crippen LogP contribution in [0.1, 0.15) is 15.9 Å². The van der Waals surface area contributed by atoms with E-state index in [1.165, 1.54) is 0 Å². The molecule has 0 amide bonds. The molecular formula is C15H11NO2. The minimum absolute atomic E-state index is 0.558. The fourth-order valence-corrected chi connectivity index (χ4v) is 1.78. The molecule has 0 spiro atoms. The normalized spacial score (nSPS) is 9.56. The van der Waals surface area contributed by atoms with E-state index in [2.05, 4.69) is 6.07 Å². The van der Waals surface area contributed by atoms with Crippen LogP contribution in [0.15, 0.2) is 42.5 Å². The van der Waals surface area contributed by atoms with Crippen molar-refractivity contribution < 1.29 is 9.53 Å². The number of rotatable bonds is 3. The molecule has 3 nitrogen and oxygen atoms in total. The van der Waals surface area contributed by atoms with Crippen molar-refractivity contribution >= 4 is 6.29 Å². The van der Waals surface area contributed by atoms with Gasteiger partial charge in [0, 0.05) is 11.1 Å². The maximum Gasteiger partial charge on any atom is 0.150 e. The first-order chi connectivity index (χ1) is 8.78. The fraction of sp³-hybridized carbons (Fsp3) is 0.0667. The van der Waals surface area contributed by atoms with Crippen molar-refractivity contribution in [2.45, 2.75) is 0 Å². The Hall–Kier alpha value is -2.60. The highest BCUT2D eigenvalue weighted by atomic mass is 16.5. The molecule has 0 aliphatic heterocycles. The van der Waals surface area contributed by atoms with Gasteiger partial charge in [-0.2, -0.15) is 5.26 Å². The molecule has 88 valence electrons. The average Bonchev–Trinajstić information content (AvgIpc) is 2.46. The van der Waals surface area contributed by atoms with E-state index in [-0.39, 0.29) is 0 Å². The highest BCUT2D eigenvalue weighted by Gasteiger charge is 2.07. The largest absolute Gasteiger partial charge is 0.496 e. The van der Waals surface area contributed by atoms with Gasteiger partial charge in [-0.25, -0.2) is 0 Å². The number of nitriles is 1. The van der Waals surface area contributed by atoms with E-state index in [4.69, 9.17) is 10.00 Å². The zero-order valence-electron chi connectivity index (χ0n) is 9.88. The van der Waals surface area contributed by atoms with E-state index in [9.17, 15) is 4.79 Å². The second-order valence-electron chi connectivity index (χ2n) is 3.77. The second kappa shape index (κ2) is 5.15. The quantitative estimate of drug-likeness (QED) is 0.771. The van der Waals surface area contributed by atoms with Crippen LogP contribution in [0.5, 0.6) is 5.75 Å². The number of hydrogen-bond acceptors (Lipinski definition) is 3. The summed E-state index contributed by atoms with van der Waals surface area (Å²) in [4.78, 5) is 10.8. The number of ether oxygens (including phenoxy) is 1. The predicted molar refractivity (Wildman–Crippen MR) is 68.5 cm³/mol. The van der Waals surface area contributed by atoms with Crippen molar-refractivity contribution in [2.75, 3.05) is 7.11 Å². The molecule has 0 radical (unpaired) electrons. The summed E-state index contributed by atoms with van der Waals surface area (Å²) in [5.41, 5.74) is 2.81. The van der Waals surface area contributed by atoms with Crippen molar-refractivity contribution in [1.29, 1.82) is 5.26 Å². The van der Waals surface area contributed by atoms with Gasteiger partial charge >= 0.3 is 0 Å². The molecule has 2 aromatic carbocycles. The summed E-state index contributed by atoms with van der Waals surface area (Å²) in [5.74, 6) is 0.678. The van der Waals surface area contributed by atoms with Crippen LogP contribution in [0, 0.1) is 11.3 Å². The number of aldehydes is 1. The Morgan fingerprint density at radius 2 is 2.06 bits per heavy atom. The molecule has 0 aliphatic carbocycles. The Bertz CT molecular complexity index is 627. The van der Waals surface area contributed by atoms with Gasteiger partial charge in [0.15, 0.2) is 0 Å². The molecule has 0 bridgehead atoms. The number of benzene rings is 2. The third-order valence-electron chi connectivity index (χ3n) is 2.66. The summed E-state index contributed by atoms with van der Waals surface area (Å²) < 4.78 is 5.28. The van der Waals surface area contributed by atoms with Crippen LogP contribution in [0.3, 0.4) is 0 Å². The number of nitrogens with zero attached hydrogens (tertiary/aromatic N) is 1. The summed E-state index contributed by atoms with van der Waals surface area (Å²) in [7, 11) is 1.58. The van der Waals surface area contributed by atoms with Crippen LogP contribution in [0.2, 0.25) is 0 Å². The van der Waals surface area contributed by atoms with E-state index in [0.717, 1.165) is 17.4 Å².